The molecule has 0 rings (SSSR count). The highest BCUT2D eigenvalue weighted by Gasteiger charge is 2.01. The van der Waals surface area contributed by atoms with Crippen LogP contribution < -0.4 is 0 Å². The normalized spacial score (nSPS) is 14.4. The predicted molar refractivity (Wildman–Crippen MR) is 50.3 cm³/mol. The molecule has 0 saturated carbocycles. The van der Waals surface area contributed by atoms with Gasteiger partial charge in [0.2, 0.25) is 0 Å². The van der Waals surface area contributed by atoms with Crippen molar-refractivity contribution in [2.45, 2.75) is 6.92 Å². The molecule has 0 atom stereocenters. The minimum absolute atomic E-state index is 0.00352. The fraction of sp³-hybridized carbons (Fsp3) is 0.143. The first-order valence-electron chi connectivity index (χ1n) is 2.70. The number of allylic oxidation sites excluding steroid dienone is 3. The molecule has 0 saturated heterocycles. The molecule has 0 aromatic rings. The molecule has 2 N–H and O–H groups in total. The molecule has 0 aromatic heterocycles. The molecule has 2 nitrogen and oxygen atoms in total. The van der Waals surface area contributed by atoms with Gasteiger partial charge in [-0.1, -0.05) is 6.58 Å². The van der Waals surface area contributed by atoms with Gasteiger partial charge in [-0.25, -0.2) is 0 Å². The first-order chi connectivity index (χ1) is 4.63. The van der Waals surface area contributed by atoms with E-state index in [-0.39, 0.29) is 11.5 Å². The van der Waals surface area contributed by atoms with Gasteiger partial charge in [-0.2, -0.15) is 0 Å². The third-order valence-corrected chi connectivity index (χ3v) is 2.02. The molecule has 56 valence electrons. The van der Waals surface area contributed by atoms with E-state index in [9.17, 15) is 0 Å². The minimum Gasteiger partial charge on any atom is -0.507 e. The first-order valence-corrected chi connectivity index (χ1v) is 3.78. The standard InChI is InChI=1S/C7H9IO2/c1-3-5(9)7(8)6(10)4-2/h3-4,9-10H,1H2,2H3/b6-4+,7-5-. The van der Waals surface area contributed by atoms with E-state index in [0.717, 1.165) is 0 Å². The number of halogens is 1. The Kier molecular flexibility index (Phi) is 4.18. The molecular weight excluding hydrogens is 243 g/mol. The van der Waals surface area contributed by atoms with Gasteiger partial charge in [-0.3, -0.25) is 0 Å². The SMILES string of the molecule is C=C/C(O)=C(I)\C(O)=C/C. The molecule has 0 unspecified atom stereocenters. The summed E-state index contributed by atoms with van der Waals surface area (Å²) in [6, 6.07) is 0. The van der Waals surface area contributed by atoms with Gasteiger partial charge in [0.25, 0.3) is 0 Å². The van der Waals surface area contributed by atoms with Gasteiger partial charge in [0, 0.05) is 0 Å². The summed E-state index contributed by atoms with van der Waals surface area (Å²) < 4.78 is 0.412. The van der Waals surface area contributed by atoms with E-state index in [1.165, 1.54) is 12.2 Å². The molecule has 0 radical (unpaired) electrons. The summed E-state index contributed by atoms with van der Waals surface area (Å²) in [4.78, 5) is 0. The van der Waals surface area contributed by atoms with Gasteiger partial charge >= 0.3 is 0 Å². The Labute approximate surface area is 73.7 Å². The molecule has 0 aliphatic carbocycles. The third-order valence-electron chi connectivity index (χ3n) is 0.917. The number of hydrogen-bond acceptors (Lipinski definition) is 2. The van der Waals surface area contributed by atoms with Gasteiger partial charge in [0.15, 0.2) is 0 Å². The van der Waals surface area contributed by atoms with Crippen molar-refractivity contribution >= 4 is 22.6 Å². The van der Waals surface area contributed by atoms with Crippen LogP contribution in [-0.4, -0.2) is 10.2 Å². The molecule has 0 heterocycles. The highest BCUT2D eigenvalue weighted by Crippen LogP contribution is 2.18. The molecule has 0 amide bonds. The van der Waals surface area contributed by atoms with Crippen molar-refractivity contribution in [1.82, 2.24) is 0 Å². The van der Waals surface area contributed by atoms with E-state index in [2.05, 4.69) is 6.58 Å². The van der Waals surface area contributed by atoms with Crippen LogP contribution >= 0.6 is 22.6 Å². The van der Waals surface area contributed by atoms with E-state index in [0.29, 0.717) is 3.58 Å². The summed E-state index contributed by atoms with van der Waals surface area (Å²) in [5, 5.41) is 18.0. The van der Waals surface area contributed by atoms with Crippen molar-refractivity contribution in [2.24, 2.45) is 0 Å². The zero-order valence-corrected chi connectivity index (χ0v) is 7.79. The second-order valence-electron chi connectivity index (χ2n) is 1.58. The van der Waals surface area contributed by atoms with E-state index in [4.69, 9.17) is 10.2 Å². The maximum absolute atomic E-state index is 9.02. The fourth-order valence-electron chi connectivity index (χ4n) is 0.348. The summed E-state index contributed by atoms with van der Waals surface area (Å²) in [5.74, 6) is 0.0641. The summed E-state index contributed by atoms with van der Waals surface area (Å²) in [7, 11) is 0. The van der Waals surface area contributed by atoms with Crippen LogP contribution in [0.4, 0.5) is 0 Å². The van der Waals surface area contributed by atoms with Crippen LogP contribution in [0.2, 0.25) is 0 Å². The molecule has 0 bridgehead atoms. The van der Waals surface area contributed by atoms with Gasteiger partial charge < -0.3 is 10.2 Å². The van der Waals surface area contributed by atoms with Crippen molar-refractivity contribution in [3.05, 3.63) is 33.8 Å². The average Bonchev–Trinajstić information content (AvgIpc) is 2.00. The Morgan fingerprint density at radius 1 is 1.50 bits per heavy atom. The fourth-order valence-corrected chi connectivity index (χ4v) is 0.879. The zero-order valence-electron chi connectivity index (χ0n) is 5.63. The molecule has 0 fully saturated rings. The Bertz CT molecular complexity index is 192. The average molecular weight is 252 g/mol. The quantitative estimate of drug-likeness (QED) is 0.450. The van der Waals surface area contributed by atoms with Crippen LogP contribution in [0.15, 0.2) is 33.8 Å². The van der Waals surface area contributed by atoms with Crippen LogP contribution in [-0.2, 0) is 0 Å². The highest BCUT2D eigenvalue weighted by atomic mass is 127. The van der Waals surface area contributed by atoms with Crippen LogP contribution in [0.1, 0.15) is 6.92 Å². The van der Waals surface area contributed by atoms with Crippen molar-refractivity contribution in [3.63, 3.8) is 0 Å². The molecule has 0 spiro atoms. The Balaban J connectivity index is 4.63. The second-order valence-corrected chi connectivity index (χ2v) is 2.66. The molecule has 10 heavy (non-hydrogen) atoms. The van der Waals surface area contributed by atoms with E-state index < -0.39 is 0 Å². The van der Waals surface area contributed by atoms with Crippen molar-refractivity contribution in [3.8, 4) is 0 Å². The Morgan fingerprint density at radius 2 is 2.00 bits per heavy atom. The van der Waals surface area contributed by atoms with Crippen LogP contribution in [0, 0.1) is 0 Å². The third kappa shape index (κ3) is 2.43. The molecular formula is C7H9IO2. The summed E-state index contributed by atoms with van der Waals surface area (Å²) in [5.41, 5.74) is 0. The van der Waals surface area contributed by atoms with Crippen LogP contribution in [0.5, 0.6) is 0 Å². The number of aliphatic hydroxyl groups excluding tert-OH is 2. The van der Waals surface area contributed by atoms with Crippen LogP contribution in [0.25, 0.3) is 0 Å². The molecule has 0 aliphatic heterocycles. The maximum atomic E-state index is 9.02. The van der Waals surface area contributed by atoms with E-state index in [1.807, 2.05) is 22.6 Å². The van der Waals surface area contributed by atoms with Gasteiger partial charge in [-0.05, 0) is 41.7 Å². The maximum Gasteiger partial charge on any atom is 0.132 e. The highest BCUT2D eigenvalue weighted by molar-refractivity contribution is 14.1. The lowest BCUT2D eigenvalue weighted by molar-refractivity contribution is 0.402. The second kappa shape index (κ2) is 4.38. The van der Waals surface area contributed by atoms with Crippen molar-refractivity contribution in [2.75, 3.05) is 0 Å². The summed E-state index contributed by atoms with van der Waals surface area (Å²) in [6.07, 6.45) is 2.78. The monoisotopic (exact) mass is 252 g/mol. The summed E-state index contributed by atoms with van der Waals surface area (Å²) >= 11 is 1.83. The predicted octanol–water partition coefficient (Wildman–Crippen LogP) is 2.84. The number of hydrogen-bond donors (Lipinski definition) is 2. The smallest absolute Gasteiger partial charge is 0.132 e. The molecule has 3 heteroatoms. The van der Waals surface area contributed by atoms with Crippen molar-refractivity contribution < 1.29 is 10.2 Å². The molecule has 0 aliphatic rings. The molecule has 0 aromatic carbocycles. The zero-order chi connectivity index (χ0) is 8.15. The lowest BCUT2D eigenvalue weighted by Crippen LogP contribution is -1.84. The minimum atomic E-state index is -0.00352. The first kappa shape index (κ1) is 9.55. The van der Waals surface area contributed by atoms with E-state index in [1.54, 1.807) is 6.92 Å². The van der Waals surface area contributed by atoms with Crippen LogP contribution in [0.3, 0.4) is 0 Å². The lowest BCUT2D eigenvalue weighted by Gasteiger charge is -1.97. The Morgan fingerprint density at radius 3 is 2.30 bits per heavy atom. The lowest BCUT2D eigenvalue weighted by atomic mass is 10.4. The topological polar surface area (TPSA) is 40.5 Å². The van der Waals surface area contributed by atoms with E-state index >= 15 is 0 Å². The number of aliphatic hydroxyl groups is 2. The van der Waals surface area contributed by atoms with Gasteiger partial charge in [0.05, 0.1) is 3.58 Å². The van der Waals surface area contributed by atoms with Gasteiger partial charge in [0.1, 0.15) is 11.5 Å². The number of rotatable bonds is 2. The van der Waals surface area contributed by atoms with Crippen molar-refractivity contribution in [1.29, 1.82) is 0 Å². The summed E-state index contributed by atoms with van der Waals surface area (Å²) in [6.45, 7) is 5.03. The Hall–Kier alpha value is -0.450. The largest absolute Gasteiger partial charge is 0.507 e. The van der Waals surface area contributed by atoms with Gasteiger partial charge in [-0.15, -0.1) is 0 Å².